The van der Waals surface area contributed by atoms with Crippen molar-refractivity contribution < 1.29 is 62.0 Å². The van der Waals surface area contributed by atoms with E-state index in [-0.39, 0.29) is 42.1 Å². The summed E-state index contributed by atoms with van der Waals surface area (Å²) in [5.74, 6) is -2.87. The van der Waals surface area contributed by atoms with E-state index in [0.29, 0.717) is 0 Å². The molecule has 0 aliphatic rings. The van der Waals surface area contributed by atoms with Crippen LogP contribution in [-0.2, 0) is 24.4 Å². The number of ether oxygens (including phenoxy) is 1. The van der Waals surface area contributed by atoms with Crippen LogP contribution in [0, 0.1) is 5.92 Å². The predicted molar refractivity (Wildman–Crippen MR) is 87.7 cm³/mol. The van der Waals surface area contributed by atoms with Crippen molar-refractivity contribution in [3.8, 4) is 0 Å². The molecule has 7 nitrogen and oxygen atoms in total. The number of esters is 1. The van der Waals surface area contributed by atoms with Crippen molar-refractivity contribution in [2.75, 3.05) is 6.61 Å². The van der Waals surface area contributed by atoms with Gasteiger partial charge in [-0.05, 0) is 18.8 Å². The van der Waals surface area contributed by atoms with Crippen LogP contribution in [0.15, 0.2) is 0 Å². The molecule has 0 aromatic carbocycles. The maximum absolute atomic E-state index is 11.8. The molecule has 2 atom stereocenters. The summed E-state index contributed by atoms with van der Waals surface area (Å²) in [5, 5.41) is 8.42. The van der Waals surface area contributed by atoms with E-state index in [0.717, 1.165) is 51.4 Å². The Hall–Kier alpha value is -0.150. The zero-order valence-electron chi connectivity index (χ0n) is 15.5. The molecule has 142 valence electrons. The molecule has 0 saturated carbocycles. The number of rotatable bonds is 14. The first kappa shape index (κ1) is 27.1. The van der Waals surface area contributed by atoms with Gasteiger partial charge in [-0.15, -0.1) is 0 Å². The number of hydrogen-bond donors (Lipinski definition) is 1. The Balaban J connectivity index is 0. The minimum Gasteiger partial charge on any atom is -0.550 e. The van der Waals surface area contributed by atoms with E-state index in [2.05, 4.69) is 6.92 Å². The molecule has 0 bridgehead atoms. The van der Waals surface area contributed by atoms with Gasteiger partial charge in [0, 0.05) is 12.4 Å². The van der Waals surface area contributed by atoms with E-state index in [1.54, 1.807) is 0 Å². The van der Waals surface area contributed by atoms with Gasteiger partial charge in [-0.1, -0.05) is 52.4 Å². The topological polar surface area (TPSA) is 121 Å². The van der Waals surface area contributed by atoms with Crippen LogP contribution in [0.3, 0.4) is 0 Å². The fourth-order valence-corrected chi connectivity index (χ4v) is 3.08. The van der Waals surface area contributed by atoms with Crippen LogP contribution >= 0.6 is 0 Å². The molecule has 2 unspecified atom stereocenters. The molecule has 0 aliphatic heterocycles. The van der Waals surface area contributed by atoms with Crippen LogP contribution in [0.4, 0.5) is 0 Å². The maximum atomic E-state index is 11.8. The van der Waals surface area contributed by atoms with Gasteiger partial charge in [-0.25, -0.2) is 0 Å². The van der Waals surface area contributed by atoms with E-state index in [9.17, 15) is 23.1 Å². The van der Waals surface area contributed by atoms with Gasteiger partial charge in [0.2, 0.25) is 0 Å². The molecule has 0 spiro atoms. The fourth-order valence-electron chi connectivity index (χ4n) is 2.42. The maximum Gasteiger partial charge on any atom is 1.00 e. The summed E-state index contributed by atoms with van der Waals surface area (Å²) in [7, 11) is -4.84. The molecule has 9 heteroatoms. The third kappa shape index (κ3) is 13.7. The average Bonchev–Trinajstić information content (AvgIpc) is 2.49. The Morgan fingerprint density at radius 2 is 1.60 bits per heavy atom. The Bertz CT molecular complexity index is 479. The summed E-state index contributed by atoms with van der Waals surface area (Å²) < 4.78 is 36.2. The SMILES string of the molecule is CCCCCCC(CCCC)COC(=O)C(CC(=O)[O-])S(=O)(=O)O.[Na+]. The van der Waals surface area contributed by atoms with Gasteiger partial charge >= 0.3 is 35.5 Å². The normalized spacial score (nSPS) is 13.6. The minimum absolute atomic E-state index is 0. The average molecular weight is 388 g/mol. The first-order valence-corrected chi connectivity index (χ1v) is 10.0. The standard InChI is InChI=1S/C16H30O7S.Na/c1-3-5-7-8-10-13(9-6-4-2)12-23-16(19)14(11-15(17)18)24(20,21)22;/h13-14H,3-12H2,1-2H3,(H,17,18)(H,20,21,22);/q;+1/p-1. The summed E-state index contributed by atoms with van der Waals surface area (Å²) >= 11 is 0. The summed E-state index contributed by atoms with van der Waals surface area (Å²) in [6.07, 6.45) is 6.91. The first-order valence-electron chi connectivity index (χ1n) is 8.55. The van der Waals surface area contributed by atoms with Gasteiger partial charge in [0.05, 0.1) is 6.61 Å². The molecule has 0 radical (unpaired) electrons. The second kappa shape index (κ2) is 15.0. The van der Waals surface area contributed by atoms with Crippen LogP contribution in [0.2, 0.25) is 0 Å². The van der Waals surface area contributed by atoms with E-state index in [1.165, 1.54) is 0 Å². The molecule has 0 rings (SSSR count). The first-order chi connectivity index (χ1) is 11.2. The largest absolute Gasteiger partial charge is 1.00 e. The summed E-state index contributed by atoms with van der Waals surface area (Å²) in [6.45, 7) is 4.20. The van der Waals surface area contributed by atoms with E-state index in [4.69, 9.17) is 9.29 Å². The van der Waals surface area contributed by atoms with Crippen molar-refractivity contribution in [3.05, 3.63) is 0 Å². The number of aliphatic carboxylic acids is 1. The van der Waals surface area contributed by atoms with Gasteiger partial charge in [0.1, 0.15) is 0 Å². The molecule has 25 heavy (non-hydrogen) atoms. The number of carbonyl (C=O) groups is 2. The summed E-state index contributed by atoms with van der Waals surface area (Å²) in [6, 6.07) is 0. The molecule has 0 saturated heterocycles. The monoisotopic (exact) mass is 388 g/mol. The van der Waals surface area contributed by atoms with Crippen LogP contribution in [0.25, 0.3) is 0 Å². The molecular formula is C16H29NaO7S. The molecule has 1 N–H and O–H groups in total. The smallest absolute Gasteiger partial charge is 0.550 e. The van der Waals surface area contributed by atoms with Crippen LogP contribution in [0.1, 0.15) is 71.6 Å². The van der Waals surface area contributed by atoms with Crippen molar-refractivity contribution in [1.29, 1.82) is 0 Å². The van der Waals surface area contributed by atoms with E-state index >= 15 is 0 Å². The number of unbranched alkanes of at least 4 members (excludes halogenated alkanes) is 4. The van der Waals surface area contributed by atoms with Crippen molar-refractivity contribution in [1.82, 2.24) is 0 Å². The Labute approximate surface area is 172 Å². The van der Waals surface area contributed by atoms with Crippen LogP contribution < -0.4 is 34.7 Å². The predicted octanol–water partition coefficient (Wildman–Crippen LogP) is -1.29. The van der Waals surface area contributed by atoms with Crippen LogP contribution in [0.5, 0.6) is 0 Å². The summed E-state index contributed by atoms with van der Waals surface area (Å²) in [4.78, 5) is 22.4. The molecule has 0 fully saturated rings. The molecule has 0 heterocycles. The molecule has 0 aliphatic carbocycles. The van der Waals surface area contributed by atoms with E-state index in [1.807, 2.05) is 6.92 Å². The third-order valence-electron chi connectivity index (χ3n) is 3.87. The Kier molecular flexibility index (Phi) is 16.2. The van der Waals surface area contributed by atoms with Crippen molar-refractivity contribution in [2.24, 2.45) is 5.92 Å². The fraction of sp³-hybridized carbons (Fsp3) is 0.875. The van der Waals surface area contributed by atoms with Gasteiger partial charge in [-0.3, -0.25) is 9.35 Å². The molecule has 0 aromatic rings. The number of carbonyl (C=O) groups excluding carboxylic acids is 2. The molecule has 0 aromatic heterocycles. The van der Waals surface area contributed by atoms with Gasteiger partial charge in [0.15, 0.2) is 5.25 Å². The van der Waals surface area contributed by atoms with Crippen molar-refractivity contribution >= 4 is 22.1 Å². The minimum atomic E-state index is -4.84. The molecule has 0 amide bonds. The molecular weight excluding hydrogens is 359 g/mol. The zero-order valence-corrected chi connectivity index (χ0v) is 18.3. The number of carboxylic acids is 1. The van der Waals surface area contributed by atoms with Crippen molar-refractivity contribution in [3.63, 3.8) is 0 Å². The quantitative estimate of drug-likeness (QED) is 0.170. The van der Waals surface area contributed by atoms with Gasteiger partial charge < -0.3 is 14.6 Å². The number of carboxylic acid groups (broad SMARTS) is 1. The number of hydrogen-bond acceptors (Lipinski definition) is 6. The van der Waals surface area contributed by atoms with E-state index < -0.39 is 33.7 Å². The zero-order chi connectivity index (χ0) is 18.6. The van der Waals surface area contributed by atoms with Gasteiger partial charge in [-0.2, -0.15) is 8.42 Å². The van der Waals surface area contributed by atoms with Crippen molar-refractivity contribution in [2.45, 2.75) is 76.9 Å². The Morgan fingerprint density at radius 1 is 1.04 bits per heavy atom. The second-order valence-electron chi connectivity index (χ2n) is 6.07. The summed E-state index contributed by atoms with van der Waals surface area (Å²) in [5.41, 5.74) is 0. The second-order valence-corrected chi connectivity index (χ2v) is 7.67. The van der Waals surface area contributed by atoms with Crippen LogP contribution in [-0.4, -0.2) is 36.8 Å². The Morgan fingerprint density at radius 3 is 2.08 bits per heavy atom. The third-order valence-corrected chi connectivity index (χ3v) is 4.95. The van der Waals surface area contributed by atoms with Gasteiger partial charge in [0.25, 0.3) is 10.1 Å².